The van der Waals surface area contributed by atoms with Gasteiger partial charge in [-0.2, -0.15) is 11.8 Å². The van der Waals surface area contributed by atoms with Gasteiger partial charge in [-0.1, -0.05) is 6.92 Å². The van der Waals surface area contributed by atoms with Crippen LogP contribution in [0.3, 0.4) is 0 Å². The van der Waals surface area contributed by atoms with Crippen molar-refractivity contribution >= 4 is 17.6 Å². The number of nitrogens with one attached hydrogen (secondary N) is 1. The van der Waals surface area contributed by atoms with Gasteiger partial charge in [-0.3, -0.25) is 4.98 Å². The minimum Gasteiger partial charge on any atom is -0.355 e. The molecule has 1 aliphatic heterocycles. The van der Waals surface area contributed by atoms with Gasteiger partial charge in [0.15, 0.2) is 0 Å². The topological polar surface area (TPSA) is 41.1 Å². The summed E-state index contributed by atoms with van der Waals surface area (Å²) in [6.07, 6.45) is 4.95. The summed E-state index contributed by atoms with van der Waals surface area (Å²) in [5.41, 5.74) is 1.02. The van der Waals surface area contributed by atoms with E-state index in [0.717, 1.165) is 24.6 Å². The van der Waals surface area contributed by atoms with Gasteiger partial charge in [-0.15, -0.1) is 0 Å². The molecule has 0 saturated carbocycles. The Bertz CT molecular complexity index is 352. The molecule has 1 aromatic heterocycles. The molecule has 1 unspecified atom stereocenters. The molecule has 5 heteroatoms. The summed E-state index contributed by atoms with van der Waals surface area (Å²) in [6.45, 7) is 3.85. The van der Waals surface area contributed by atoms with Gasteiger partial charge in [-0.05, 0) is 18.7 Å². The summed E-state index contributed by atoms with van der Waals surface area (Å²) < 4.78 is 0. The summed E-state index contributed by atoms with van der Waals surface area (Å²) >= 11 is 2.02. The number of hydrogen-bond acceptors (Lipinski definition) is 5. The highest BCUT2D eigenvalue weighted by molar-refractivity contribution is 7.99. The zero-order chi connectivity index (χ0) is 12.1. The van der Waals surface area contributed by atoms with E-state index in [4.69, 9.17) is 0 Å². The molecule has 1 atom stereocenters. The summed E-state index contributed by atoms with van der Waals surface area (Å²) in [6, 6.07) is 0.615. The van der Waals surface area contributed by atoms with Crippen molar-refractivity contribution in [2.45, 2.75) is 25.9 Å². The summed E-state index contributed by atoms with van der Waals surface area (Å²) in [5, 5.41) is 3.28. The van der Waals surface area contributed by atoms with Gasteiger partial charge < -0.3 is 10.2 Å². The molecule has 4 nitrogen and oxygen atoms in total. The molecular formula is C12H20N4S. The maximum atomic E-state index is 4.65. The molecule has 17 heavy (non-hydrogen) atoms. The average Bonchev–Trinajstić information content (AvgIpc) is 2.89. The molecule has 1 aliphatic rings. The molecule has 0 bridgehead atoms. The second-order valence-electron chi connectivity index (χ2n) is 4.28. The monoisotopic (exact) mass is 252 g/mol. The van der Waals surface area contributed by atoms with Gasteiger partial charge in [0, 0.05) is 31.6 Å². The van der Waals surface area contributed by atoms with Crippen molar-refractivity contribution in [3.8, 4) is 0 Å². The lowest BCUT2D eigenvalue weighted by Crippen LogP contribution is -2.32. The minimum atomic E-state index is 0.615. The lowest BCUT2D eigenvalue weighted by atomic mass is 10.2. The number of anilines is 1. The molecular weight excluding hydrogens is 232 g/mol. The predicted molar refractivity (Wildman–Crippen MR) is 73.5 cm³/mol. The van der Waals surface area contributed by atoms with Crippen LogP contribution in [0.25, 0.3) is 0 Å². The maximum Gasteiger partial charge on any atom is 0.147 e. The van der Waals surface area contributed by atoms with E-state index in [2.05, 4.69) is 34.2 Å². The van der Waals surface area contributed by atoms with Crippen molar-refractivity contribution in [2.24, 2.45) is 0 Å². The Morgan fingerprint density at radius 1 is 1.53 bits per heavy atom. The normalized spacial score (nSPS) is 19.5. The maximum absolute atomic E-state index is 4.65. The minimum absolute atomic E-state index is 0.615. The highest BCUT2D eigenvalue weighted by atomic mass is 32.2. The molecule has 0 aliphatic carbocycles. The fourth-order valence-corrected chi connectivity index (χ4v) is 3.19. The van der Waals surface area contributed by atoms with Crippen LogP contribution in [0, 0.1) is 0 Å². The van der Waals surface area contributed by atoms with Crippen LogP contribution in [-0.4, -0.2) is 41.1 Å². The molecule has 1 saturated heterocycles. The van der Waals surface area contributed by atoms with E-state index in [1.807, 2.05) is 24.2 Å². The molecule has 0 radical (unpaired) electrons. The van der Waals surface area contributed by atoms with Crippen molar-refractivity contribution in [1.82, 2.24) is 15.3 Å². The lowest BCUT2D eigenvalue weighted by Gasteiger charge is -2.24. The van der Waals surface area contributed by atoms with E-state index in [0.29, 0.717) is 6.04 Å². The van der Waals surface area contributed by atoms with Crippen molar-refractivity contribution < 1.29 is 0 Å². The van der Waals surface area contributed by atoms with E-state index < -0.39 is 0 Å². The van der Waals surface area contributed by atoms with Crippen LogP contribution in [0.1, 0.15) is 19.0 Å². The number of aromatic nitrogens is 2. The molecule has 0 aromatic carbocycles. The van der Waals surface area contributed by atoms with Crippen LogP contribution in [-0.2, 0) is 6.54 Å². The molecule has 1 N–H and O–H groups in total. The SMILES string of the molecule is CCNCc1cncc(N(C)C2CCSC2)n1. The third-order valence-electron chi connectivity index (χ3n) is 3.04. The Hall–Kier alpha value is -0.810. The van der Waals surface area contributed by atoms with Crippen LogP contribution < -0.4 is 10.2 Å². The van der Waals surface area contributed by atoms with Crippen LogP contribution in [0.2, 0.25) is 0 Å². The van der Waals surface area contributed by atoms with E-state index in [9.17, 15) is 0 Å². The Kier molecular flexibility index (Phi) is 4.62. The van der Waals surface area contributed by atoms with Crippen LogP contribution >= 0.6 is 11.8 Å². The summed E-state index contributed by atoms with van der Waals surface area (Å²) in [5.74, 6) is 3.46. The molecule has 1 fully saturated rings. The van der Waals surface area contributed by atoms with Crippen LogP contribution in [0.15, 0.2) is 12.4 Å². The summed E-state index contributed by atoms with van der Waals surface area (Å²) in [7, 11) is 2.12. The molecule has 2 rings (SSSR count). The Labute approximate surface area is 107 Å². The fraction of sp³-hybridized carbons (Fsp3) is 0.667. The van der Waals surface area contributed by atoms with Crippen molar-refractivity contribution in [3.63, 3.8) is 0 Å². The highest BCUT2D eigenvalue weighted by Crippen LogP contribution is 2.24. The largest absolute Gasteiger partial charge is 0.355 e. The van der Waals surface area contributed by atoms with Crippen LogP contribution in [0.4, 0.5) is 5.82 Å². The van der Waals surface area contributed by atoms with Crippen molar-refractivity contribution in [1.29, 1.82) is 0 Å². The third kappa shape index (κ3) is 3.33. The van der Waals surface area contributed by atoms with E-state index in [1.54, 1.807) is 0 Å². The smallest absolute Gasteiger partial charge is 0.147 e. The Morgan fingerprint density at radius 2 is 2.41 bits per heavy atom. The number of hydrogen-bond donors (Lipinski definition) is 1. The van der Waals surface area contributed by atoms with E-state index in [1.165, 1.54) is 17.9 Å². The standard InChI is InChI=1S/C12H20N4S/c1-3-13-6-10-7-14-8-12(15-10)16(2)11-4-5-17-9-11/h7-8,11,13H,3-6,9H2,1-2H3. The van der Waals surface area contributed by atoms with Crippen molar-refractivity contribution in [3.05, 3.63) is 18.1 Å². The lowest BCUT2D eigenvalue weighted by molar-refractivity contribution is 0.675. The predicted octanol–water partition coefficient (Wildman–Crippen LogP) is 1.53. The van der Waals surface area contributed by atoms with E-state index in [-0.39, 0.29) is 0 Å². The Balaban J connectivity index is 2.03. The number of nitrogens with zero attached hydrogens (tertiary/aromatic N) is 3. The molecule has 2 heterocycles. The first kappa shape index (κ1) is 12.6. The van der Waals surface area contributed by atoms with Gasteiger partial charge in [0.2, 0.25) is 0 Å². The Morgan fingerprint density at radius 3 is 3.12 bits per heavy atom. The van der Waals surface area contributed by atoms with Gasteiger partial charge in [0.05, 0.1) is 11.9 Å². The van der Waals surface area contributed by atoms with Gasteiger partial charge in [0.1, 0.15) is 5.82 Å². The first-order chi connectivity index (χ1) is 8.31. The second-order valence-corrected chi connectivity index (χ2v) is 5.43. The number of thioether (sulfide) groups is 1. The second kappa shape index (κ2) is 6.21. The average molecular weight is 252 g/mol. The molecule has 94 valence electrons. The van der Waals surface area contributed by atoms with Crippen LogP contribution in [0.5, 0.6) is 0 Å². The van der Waals surface area contributed by atoms with Crippen molar-refractivity contribution in [2.75, 3.05) is 30.0 Å². The zero-order valence-electron chi connectivity index (χ0n) is 10.5. The molecule has 0 amide bonds. The quantitative estimate of drug-likeness (QED) is 0.860. The van der Waals surface area contributed by atoms with Gasteiger partial charge in [-0.25, -0.2) is 4.98 Å². The van der Waals surface area contributed by atoms with Gasteiger partial charge >= 0.3 is 0 Å². The van der Waals surface area contributed by atoms with Gasteiger partial charge in [0.25, 0.3) is 0 Å². The fourth-order valence-electron chi connectivity index (χ4n) is 1.92. The molecule has 1 aromatic rings. The molecule has 0 spiro atoms. The zero-order valence-corrected chi connectivity index (χ0v) is 11.3. The third-order valence-corrected chi connectivity index (χ3v) is 4.19. The van der Waals surface area contributed by atoms with E-state index >= 15 is 0 Å². The first-order valence-corrected chi connectivity index (χ1v) is 7.29. The number of rotatable bonds is 5. The summed E-state index contributed by atoms with van der Waals surface area (Å²) in [4.78, 5) is 11.2. The first-order valence-electron chi connectivity index (χ1n) is 6.13. The highest BCUT2D eigenvalue weighted by Gasteiger charge is 2.21.